The standard InChI is InChI=1S/C8H9ClN2O3/c1-14-7-3(9)2-4(10)5(6(7)11)8(12)13/h2H,10-11H2,1H3,(H,12,13). The first-order chi connectivity index (χ1) is 6.49. The molecular formula is C8H9ClN2O3. The fourth-order valence-electron chi connectivity index (χ4n) is 1.12. The highest BCUT2D eigenvalue weighted by atomic mass is 35.5. The Morgan fingerprint density at radius 2 is 2.14 bits per heavy atom. The normalized spacial score (nSPS) is 9.86. The summed E-state index contributed by atoms with van der Waals surface area (Å²) in [6.45, 7) is 0. The van der Waals surface area contributed by atoms with Gasteiger partial charge in [0.05, 0.1) is 17.8 Å². The Morgan fingerprint density at radius 3 is 2.57 bits per heavy atom. The summed E-state index contributed by atoms with van der Waals surface area (Å²) in [5, 5.41) is 8.99. The molecule has 0 aliphatic carbocycles. The van der Waals surface area contributed by atoms with Crippen LogP contribution in [0.4, 0.5) is 11.4 Å². The van der Waals surface area contributed by atoms with Crippen LogP contribution in [0.25, 0.3) is 0 Å². The molecule has 0 spiro atoms. The number of benzene rings is 1. The molecule has 1 rings (SSSR count). The van der Waals surface area contributed by atoms with Gasteiger partial charge in [0.25, 0.3) is 0 Å². The van der Waals surface area contributed by atoms with Crippen LogP contribution >= 0.6 is 11.6 Å². The molecule has 0 atom stereocenters. The van der Waals surface area contributed by atoms with Gasteiger partial charge in [-0.2, -0.15) is 0 Å². The van der Waals surface area contributed by atoms with Gasteiger partial charge in [-0.15, -0.1) is 0 Å². The van der Waals surface area contributed by atoms with Crippen molar-refractivity contribution in [2.24, 2.45) is 0 Å². The Labute approximate surface area is 85.2 Å². The Hall–Kier alpha value is -1.62. The van der Waals surface area contributed by atoms with Crippen molar-refractivity contribution in [3.8, 4) is 5.75 Å². The minimum Gasteiger partial charge on any atom is -0.493 e. The van der Waals surface area contributed by atoms with Gasteiger partial charge in [0.1, 0.15) is 5.56 Å². The Balaban J connectivity index is 3.52. The Kier molecular flexibility index (Phi) is 2.71. The molecule has 0 aromatic heterocycles. The molecule has 0 unspecified atom stereocenters. The second-order valence-electron chi connectivity index (χ2n) is 2.57. The van der Waals surface area contributed by atoms with Crippen LogP contribution in [-0.4, -0.2) is 18.2 Å². The molecule has 6 heteroatoms. The van der Waals surface area contributed by atoms with Crippen LogP contribution in [0.2, 0.25) is 5.02 Å². The predicted octanol–water partition coefficient (Wildman–Crippen LogP) is 1.21. The van der Waals surface area contributed by atoms with Gasteiger partial charge in [-0.3, -0.25) is 0 Å². The van der Waals surface area contributed by atoms with E-state index in [1.54, 1.807) is 0 Å². The third-order valence-corrected chi connectivity index (χ3v) is 2.00. The van der Waals surface area contributed by atoms with Gasteiger partial charge in [0.2, 0.25) is 0 Å². The van der Waals surface area contributed by atoms with E-state index in [9.17, 15) is 4.79 Å². The topological polar surface area (TPSA) is 98.6 Å². The molecular weight excluding hydrogens is 208 g/mol. The number of methoxy groups -OCH3 is 1. The summed E-state index contributed by atoms with van der Waals surface area (Å²) in [7, 11) is 1.35. The molecule has 5 nitrogen and oxygen atoms in total. The van der Waals surface area contributed by atoms with Crippen molar-refractivity contribution in [3.05, 3.63) is 16.7 Å². The predicted molar refractivity (Wildman–Crippen MR) is 53.8 cm³/mol. The number of nitrogen functional groups attached to an aromatic ring is 2. The first-order valence-corrected chi connectivity index (χ1v) is 4.01. The number of halogens is 1. The zero-order valence-corrected chi connectivity index (χ0v) is 8.13. The summed E-state index contributed by atoms with van der Waals surface area (Å²) >= 11 is 5.73. The number of anilines is 2. The molecule has 0 saturated heterocycles. The van der Waals surface area contributed by atoms with Crippen molar-refractivity contribution >= 4 is 28.9 Å². The van der Waals surface area contributed by atoms with E-state index in [0.29, 0.717) is 0 Å². The maximum atomic E-state index is 10.8. The van der Waals surface area contributed by atoms with Crippen LogP contribution in [0.3, 0.4) is 0 Å². The van der Waals surface area contributed by atoms with E-state index in [2.05, 4.69) is 0 Å². The summed E-state index contributed by atoms with van der Waals surface area (Å²) in [6, 6.07) is 1.29. The number of carboxylic acids is 1. The second kappa shape index (κ2) is 3.63. The van der Waals surface area contributed by atoms with E-state index in [4.69, 9.17) is 32.9 Å². The average Bonchev–Trinajstić information content (AvgIpc) is 2.02. The van der Waals surface area contributed by atoms with Gasteiger partial charge in [-0.1, -0.05) is 11.6 Å². The number of carbonyl (C=O) groups is 1. The molecule has 0 amide bonds. The SMILES string of the molecule is COc1c(Cl)cc(N)c(C(=O)O)c1N. The number of rotatable bonds is 2. The number of hydrogen-bond acceptors (Lipinski definition) is 4. The fourth-order valence-corrected chi connectivity index (χ4v) is 1.41. The summed E-state index contributed by atoms with van der Waals surface area (Å²) in [5.74, 6) is -1.09. The molecule has 1 aromatic carbocycles. The molecule has 0 bridgehead atoms. The zero-order valence-electron chi connectivity index (χ0n) is 7.37. The third kappa shape index (κ3) is 1.54. The molecule has 0 aliphatic heterocycles. The van der Waals surface area contributed by atoms with Crippen LogP contribution in [-0.2, 0) is 0 Å². The van der Waals surface area contributed by atoms with E-state index >= 15 is 0 Å². The molecule has 0 radical (unpaired) electrons. The van der Waals surface area contributed by atoms with Gasteiger partial charge in [0.15, 0.2) is 5.75 Å². The van der Waals surface area contributed by atoms with Crippen molar-refractivity contribution in [2.75, 3.05) is 18.6 Å². The number of carboxylic acid groups (broad SMARTS) is 1. The number of nitrogens with two attached hydrogens (primary N) is 2. The van der Waals surface area contributed by atoms with Crippen molar-refractivity contribution in [1.29, 1.82) is 0 Å². The minimum absolute atomic E-state index is 0.0146. The zero-order chi connectivity index (χ0) is 10.9. The van der Waals surface area contributed by atoms with Crippen LogP contribution in [0.15, 0.2) is 6.07 Å². The smallest absolute Gasteiger partial charge is 0.340 e. The maximum Gasteiger partial charge on any atom is 0.340 e. The monoisotopic (exact) mass is 216 g/mol. The lowest BCUT2D eigenvalue weighted by atomic mass is 10.1. The van der Waals surface area contributed by atoms with E-state index in [0.717, 1.165) is 0 Å². The lowest BCUT2D eigenvalue weighted by Gasteiger charge is -2.11. The van der Waals surface area contributed by atoms with Gasteiger partial charge in [-0.25, -0.2) is 4.79 Å². The highest BCUT2D eigenvalue weighted by Crippen LogP contribution is 2.37. The summed E-state index contributed by atoms with van der Waals surface area (Å²) in [6.07, 6.45) is 0. The Bertz CT molecular complexity index is 393. The summed E-state index contributed by atoms with van der Waals surface area (Å²) in [4.78, 5) is 10.8. The van der Waals surface area contributed by atoms with E-state index < -0.39 is 5.97 Å². The van der Waals surface area contributed by atoms with Gasteiger partial charge in [-0.05, 0) is 6.07 Å². The van der Waals surface area contributed by atoms with Crippen LogP contribution in [0.5, 0.6) is 5.75 Å². The number of hydrogen-bond donors (Lipinski definition) is 3. The largest absolute Gasteiger partial charge is 0.493 e. The maximum absolute atomic E-state index is 10.8. The fraction of sp³-hybridized carbons (Fsp3) is 0.125. The number of aromatic carboxylic acids is 1. The van der Waals surface area contributed by atoms with Gasteiger partial charge in [0, 0.05) is 5.69 Å². The molecule has 1 aromatic rings. The first-order valence-electron chi connectivity index (χ1n) is 3.63. The van der Waals surface area contributed by atoms with Crippen LogP contribution < -0.4 is 16.2 Å². The van der Waals surface area contributed by atoms with Crippen molar-refractivity contribution in [1.82, 2.24) is 0 Å². The van der Waals surface area contributed by atoms with E-state index in [1.165, 1.54) is 13.2 Å². The van der Waals surface area contributed by atoms with Crippen molar-refractivity contribution in [3.63, 3.8) is 0 Å². The molecule has 0 heterocycles. The Morgan fingerprint density at radius 1 is 1.57 bits per heavy atom. The second-order valence-corrected chi connectivity index (χ2v) is 2.98. The van der Waals surface area contributed by atoms with Gasteiger partial charge < -0.3 is 21.3 Å². The summed E-state index contributed by atoms with van der Waals surface area (Å²) < 4.78 is 4.85. The quantitative estimate of drug-likeness (QED) is 0.646. The average molecular weight is 217 g/mol. The van der Waals surface area contributed by atoms with Crippen molar-refractivity contribution < 1.29 is 14.6 Å². The van der Waals surface area contributed by atoms with Crippen molar-refractivity contribution in [2.45, 2.75) is 0 Å². The third-order valence-electron chi connectivity index (χ3n) is 1.72. The molecule has 14 heavy (non-hydrogen) atoms. The van der Waals surface area contributed by atoms with E-state index in [1.807, 2.05) is 0 Å². The molecule has 0 fully saturated rings. The first kappa shape index (κ1) is 10.5. The lowest BCUT2D eigenvalue weighted by Crippen LogP contribution is -2.08. The summed E-state index contributed by atoms with van der Waals surface area (Å²) in [5.41, 5.74) is 10.7. The highest BCUT2D eigenvalue weighted by molar-refractivity contribution is 6.33. The van der Waals surface area contributed by atoms with Gasteiger partial charge >= 0.3 is 5.97 Å². The van der Waals surface area contributed by atoms with Crippen LogP contribution in [0, 0.1) is 0 Å². The minimum atomic E-state index is -1.21. The lowest BCUT2D eigenvalue weighted by molar-refractivity contribution is 0.0699. The number of ether oxygens (including phenoxy) is 1. The highest BCUT2D eigenvalue weighted by Gasteiger charge is 2.19. The molecule has 0 aliphatic rings. The molecule has 5 N–H and O–H groups in total. The van der Waals surface area contributed by atoms with E-state index in [-0.39, 0.29) is 27.7 Å². The molecule has 76 valence electrons. The van der Waals surface area contributed by atoms with Crippen LogP contribution in [0.1, 0.15) is 10.4 Å². The molecule has 0 saturated carbocycles.